The Balaban J connectivity index is 1.82. The lowest BCUT2D eigenvalue weighted by molar-refractivity contribution is 0.309. The first-order chi connectivity index (χ1) is 9.24. The number of likely N-dealkylation sites (N-methyl/N-ethyl adjacent to an activating group) is 1. The van der Waals surface area contributed by atoms with E-state index in [4.69, 9.17) is 4.52 Å². The number of hydrogen-bond acceptors (Lipinski definition) is 7. The van der Waals surface area contributed by atoms with Gasteiger partial charge in [0.25, 0.3) is 11.8 Å². The van der Waals surface area contributed by atoms with Crippen LogP contribution in [0, 0.1) is 0 Å². The largest absolute Gasteiger partial charge is 0.505 e. The number of pyridine rings is 1. The molecule has 1 N–H and O–H groups in total. The molecule has 1 aliphatic heterocycles. The molecule has 0 spiro atoms. The van der Waals surface area contributed by atoms with Crippen LogP contribution in [0.4, 0.5) is 5.95 Å². The Morgan fingerprint density at radius 2 is 2.05 bits per heavy atom. The average Bonchev–Trinajstić information content (AvgIpc) is 2.89. The van der Waals surface area contributed by atoms with E-state index in [1.807, 2.05) is 0 Å². The Hall–Kier alpha value is -2.15. The van der Waals surface area contributed by atoms with Crippen LogP contribution in [0.3, 0.4) is 0 Å². The van der Waals surface area contributed by atoms with Crippen LogP contribution in [0.1, 0.15) is 0 Å². The zero-order valence-electron chi connectivity index (χ0n) is 10.7. The maximum atomic E-state index is 9.71. The minimum absolute atomic E-state index is 0.0380. The van der Waals surface area contributed by atoms with Crippen LogP contribution in [-0.2, 0) is 0 Å². The van der Waals surface area contributed by atoms with Crippen LogP contribution in [0.15, 0.2) is 23.0 Å². The quantitative estimate of drug-likeness (QED) is 0.847. The second-order valence-corrected chi connectivity index (χ2v) is 4.58. The lowest BCUT2D eigenvalue weighted by Crippen LogP contribution is -2.44. The highest BCUT2D eigenvalue weighted by Gasteiger charge is 2.20. The maximum Gasteiger partial charge on any atom is 0.266 e. The molecule has 0 unspecified atom stereocenters. The lowest BCUT2D eigenvalue weighted by Gasteiger charge is -2.31. The van der Waals surface area contributed by atoms with E-state index < -0.39 is 0 Å². The number of piperazine rings is 1. The summed E-state index contributed by atoms with van der Waals surface area (Å²) in [6.45, 7) is 3.70. The second-order valence-electron chi connectivity index (χ2n) is 4.58. The summed E-state index contributed by atoms with van der Waals surface area (Å²) in [4.78, 5) is 12.5. The molecule has 0 radical (unpaired) electrons. The van der Waals surface area contributed by atoms with Crippen molar-refractivity contribution in [3.8, 4) is 17.2 Å². The number of anilines is 1. The fourth-order valence-electron chi connectivity index (χ4n) is 2.03. The van der Waals surface area contributed by atoms with E-state index in [-0.39, 0.29) is 5.75 Å². The molecule has 2 aromatic rings. The highest BCUT2D eigenvalue weighted by molar-refractivity contribution is 5.61. The molecule has 0 aromatic carbocycles. The summed E-state index contributed by atoms with van der Waals surface area (Å²) in [5.74, 6) is 0.921. The average molecular weight is 261 g/mol. The molecule has 0 amide bonds. The van der Waals surface area contributed by atoms with Crippen molar-refractivity contribution < 1.29 is 9.63 Å². The van der Waals surface area contributed by atoms with Gasteiger partial charge < -0.3 is 19.4 Å². The highest BCUT2D eigenvalue weighted by Crippen LogP contribution is 2.27. The van der Waals surface area contributed by atoms with Crippen molar-refractivity contribution in [1.82, 2.24) is 20.0 Å². The second kappa shape index (κ2) is 4.85. The number of aromatic nitrogens is 3. The predicted octanol–water partition coefficient (Wildman–Crippen LogP) is 0.589. The number of rotatable bonds is 2. The molecule has 3 heterocycles. The zero-order chi connectivity index (χ0) is 13.2. The van der Waals surface area contributed by atoms with Crippen LogP contribution in [0.5, 0.6) is 5.75 Å². The summed E-state index contributed by atoms with van der Waals surface area (Å²) in [6.07, 6.45) is 2.93. The summed E-state index contributed by atoms with van der Waals surface area (Å²) in [5.41, 5.74) is 0.503. The minimum Gasteiger partial charge on any atom is -0.505 e. The first-order valence-electron chi connectivity index (χ1n) is 6.14. The van der Waals surface area contributed by atoms with Gasteiger partial charge in [0.05, 0.1) is 11.8 Å². The van der Waals surface area contributed by atoms with E-state index in [1.165, 1.54) is 6.20 Å². The minimum atomic E-state index is 0.0380. The summed E-state index contributed by atoms with van der Waals surface area (Å²) in [6, 6.07) is 1.65. The molecule has 0 atom stereocenters. The van der Waals surface area contributed by atoms with Crippen molar-refractivity contribution in [3.05, 3.63) is 18.5 Å². The van der Waals surface area contributed by atoms with Crippen molar-refractivity contribution in [3.63, 3.8) is 0 Å². The Labute approximate surface area is 110 Å². The highest BCUT2D eigenvalue weighted by atomic mass is 16.5. The van der Waals surface area contributed by atoms with Gasteiger partial charge in [-0.3, -0.25) is 4.98 Å². The molecule has 100 valence electrons. The summed E-state index contributed by atoms with van der Waals surface area (Å²) < 4.78 is 5.21. The van der Waals surface area contributed by atoms with E-state index in [2.05, 4.69) is 32.0 Å². The maximum absolute atomic E-state index is 9.71. The molecule has 3 rings (SSSR count). The topological polar surface area (TPSA) is 78.5 Å². The van der Waals surface area contributed by atoms with Crippen LogP contribution in [0.25, 0.3) is 11.5 Å². The van der Waals surface area contributed by atoms with Crippen molar-refractivity contribution in [2.75, 3.05) is 38.1 Å². The van der Waals surface area contributed by atoms with Crippen LogP contribution < -0.4 is 4.90 Å². The van der Waals surface area contributed by atoms with Gasteiger partial charge in [0.2, 0.25) is 0 Å². The molecule has 1 saturated heterocycles. The molecular formula is C12H15N5O2. The van der Waals surface area contributed by atoms with Crippen molar-refractivity contribution >= 4 is 5.95 Å². The molecule has 19 heavy (non-hydrogen) atoms. The molecular weight excluding hydrogens is 246 g/mol. The number of nitrogens with zero attached hydrogens (tertiary/aromatic N) is 5. The van der Waals surface area contributed by atoms with Gasteiger partial charge in [0.15, 0.2) is 0 Å². The molecule has 0 saturated carbocycles. The molecule has 2 aromatic heterocycles. The monoisotopic (exact) mass is 261 g/mol. The lowest BCUT2D eigenvalue weighted by atomic mass is 10.2. The Kier molecular flexibility index (Phi) is 3.04. The van der Waals surface area contributed by atoms with Gasteiger partial charge in [0.1, 0.15) is 5.75 Å². The fraction of sp³-hybridized carbons (Fsp3) is 0.417. The first-order valence-corrected chi connectivity index (χ1v) is 6.14. The molecule has 7 nitrogen and oxygen atoms in total. The van der Waals surface area contributed by atoms with Gasteiger partial charge in [0, 0.05) is 32.4 Å². The Morgan fingerprint density at radius 1 is 1.26 bits per heavy atom. The van der Waals surface area contributed by atoms with Crippen LogP contribution >= 0.6 is 0 Å². The number of hydrogen-bond donors (Lipinski definition) is 1. The van der Waals surface area contributed by atoms with Gasteiger partial charge in [-0.05, 0) is 18.3 Å². The van der Waals surface area contributed by atoms with E-state index in [1.54, 1.807) is 12.3 Å². The van der Waals surface area contributed by atoms with Gasteiger partial charge in [-0.15, -0.1) is 0 Å². The Morgan fingerprint density at radius 3 is 2.79 bits per heavy atom. The standard InChI is InChI=1S/C12H15N5O2/c1-16-4-6-17(7-5-16)12-14-11(19-15-12)9-2-3-13-8-10(9)18/h2-3,8,18H,4-7H2,1H3. The van der Waals surface area contributed by atoms with E-state index >= 15 is 0 Å². The van der Waals surface area contributed by atoms with Crippen molar-refractivity contribution in [2.24, 2.45) is 0 Å². The van der Waals surface area contributed by atoms with Gasteiger partial charge in [-0.1, -0.05) is 0 Å². The SMILES string of the molecule is CN1CCN(c2noc(-c3ccncc3O)n2)CC1. The van der Waals surface area contributed by atoms with Gasteiger partial charge >= 0.3 is 0 Å². The van der Waals surface area contributed by atoms with Crippen LogP contribution in [0.2, 0.25) is 0 Å². The van der Waals surface area contributed by atoms with Crippen LogP contribution in [-0.4, -0.2) is 58.4 Å². The van der Waals surface area contributed by atoms with Gasteiger partial charge in [-0.2, -0.15) is 4.98 Å². The zero-order valence-corrected chi connectivity index (χ0v) is 10.7. The normalized spacial score (nSPS) is 16.8. The molecule has 0 aliphatic carbocycles. The number of aromatic hydroxyl groups is 1. The summed E-state index contributed by atoms with van der Waals surface area (Å²) in [7, 11) is 2.09. The molecule has 1 fully saturated rings. The van der Waals surface area contributed by atoms with E-state index in [0.29, 0.717) is 17.4 Å². The Bertz CT molecular complexity index is 563. The van der Waals surface area contributed by atoms with E-state index in [9.17, 15) is 5.11 Å². The third-order valence-electron chi connectivity index (χ3n) is 3.23. The molecule has 1 aliphatic rings. The van der Waals surface area contributed by atoms with E-state index in [0.717, 1.165) is 26.2 Å². The molecule has 0 bridgehead atoms. The van der Waals surface area contributed by atoms with Crippen molar-refractivity contribution in [2.45, 2.75) is 0 Å². The smallest absolute Gasteiger partial charge is 0.266 e. The predicted molar refractivity (Wildman–Crippen MR) is 68.9 cm³/mol. The molecule has 7 heteroatoms. The third kappa shape index (κ3) is 2.37. The third-order valence-corrected chi connectivity index (χ3v) is 3.23. The fourth-order valence-corrected chi connectivity index (χ4v) is 2.03. The first kappa shape index (κ1) is 11.9. The summed E-state index contributed by atoms with van der Waals surface area (Å²) in [5, 5.41) is 13.7. The van der Waals surface area contributed by atoms with Gasteiger partial charge in [-0.25, -0.2) is 0 Å². The van der Waals surface area contributed by atoms with Crippen molar-refractivity contribution in [1.29, 1.82) is 0 Å². The summed E-state index contributed by atoms with van der Waals surface area (Å²) >= 11 is 0.